The molecular formula is C18H35N3O3S. The Morgan fingerprint density at radius 1 is 0.920 bits per heavy atom. The van der Waals surface area contributed by atoms with Gasteiger partial charge in [-0.15, -0.1) is 0 Å². The van der Waals surface area contributed by atoms with Gasteiger partial charge in [-0.05, 0) is 43.9 Å². The molecule has 0 saturated heterocycles. The Labute approximate surface area is 153 Å². The number of benzene rings is 1. The SMILES string of the molecule is CCCCCC[NH2+]CCCCCC.Nc1ccc(S(=O)(=O)[O-])c(N)c1. The first-order valence-electron chi connectivity index (χ1n) is 9.25. The highest BCUT2D eigenvalue weighted by molar-refractivity contribution is 7.86. The fraction of sp³-hybridized carbons (Fsp3) is 0.667. The monoisotopic (exact) mass is 373 g/mol. The predicted octanol–water partition coefficient (Wildman–Crippen LogP) is 2.47. The van der Waals surface area contributed by atoms with E-state index in [1.807, 2.05) is 0 Å². The Morgan fingerprint density at radius 2 is 1.44 bits per heavy atom. The normalized spacial score (nSPS) is 11.0. The Morgan fingerprint density at radius 3 is 1.84 bits per heavy atom. The minimum Gasteiger partial charge on any atom is -0.744 e. The molecule has 6 N–H and O–H groups in total. The van der Waals surface area contributed by atoms with Crippen LogP contribution < -0.4 is 16.8 Å². The molecule has 1 aromatic rings. The first-order valence-corrected chi connectivity index (χ1v) is 10.7. The Hall–Kier alpha value is -1.31. The summed E-state index contributed by atoms with van der Waals surface area (Å²) in [5.74, 6) is 0. The molecule has 0 bridgehead atoms. The van der Waals surface area contributed by atoms with Crippen molar-refractivity contribution in [3.8, 4) is 0 Å². The van der Waals surface area contributed by atoms with Crippen LogP contribution in [-0.2, 0) is 10.1 Å². The van der Waals surface area contributed by atoms with Crippen molar-refractivity contribution in [2.45, 2.75) is 70.1 Å². The van der Waals surface area contributed by atoms with Gasteiger partial charge in [0.15, 0.2) is 0 Å². The molecule has 0 aliphatic carbocycles. The predicted molar refractivity (Wildman–Crippen MR) is 103 cm³/mol. The van der Waals surface area contributed by atoms with E-state index in [4.69, 9.17) is 11.5 Å². The summed E-state index contributed by atoms with van der Waals surface area (Å²) in [6.07, 6.45) is 11.3. The zero-order chi connectivity index (χ0) is 19.1. The lowest BCUT2D eigenvalue weighted by molar-refractivity contribution is -0.655. The van der Waals surface area contributed by atoms with Crippen LogP contribution in [0, 0.1) is 0 Å². The van der Waals surface area contributed by atoms with Crippen molar-refractivity contribution in [3.05, 3.63) is 18.2 Å². The Kier molecular flexibility index (Phi) is 13.2. The zero-order valence-corrected chi connectivity index (χ0v) is 16.5. The third kappa shape index (κ3) is 12.7. The highest BCUT2D eigenvalue weighted by Gasteiger charge is 2.05. The molecule has 25 heavy (non-hydrogen) atoms. The summed E-state index contributed by atoms with van der Waals surface area (Å²) >= 11 is 0. The smallest absolute Gasteiger partial charge is 0.126 e. The van der Waals surface area contributed by atoms with Crippen LogP contribution in [0.3, 0.4) is 0 Å². The lowest BCUT2D eigenvalue weighted by Crippen LogP contribution is -2.84. The lowest BCUT2D eigenvalue weighted by atomic mass is 10.2. The van der Waals surface area contributed by atoms with Crippen LogP contribution in [0.15, 0.2) is 23.1 Å². The number of hydrogen-bond donors (Lipinski definition) is 3. The van der Waals surface area contributed by atoms with Gasteiger partial charge in [-0.25, -0.2) is 8.42 Å². The molecule has 1 aromatic carbocycles. The van der Waals surface area contributed by atoms with E-state index < -0.39 is 15.0 Å². The molecule has 0 amide bonds. The number of nitrogen functional groups attached to an aromatic ring is 2. The molecule has 0 unspecified atom stereocenters. The van der Waals surface area contributed by atoms with Crippen molar-refractivity contribution in [2.24, 2.45) is 0 Å². The van der Waals surface area contributed by atoms with Crippen LogP contribution in [0.5, 0.6) is 0 Å². The van der Waals surface area contributed by atoms with E-state index in [9.17, 15) is 13.0 Å². The van der Waals surface area contributed by atoms with E-state index in [-0.39, 0.29) is 5.69 Å². The van der Waals surface area contributed by atoms with E-state index in [0.29, 0.717) is 5.69 Å². The van der Waals surface area contributed by atoms with Gasteiger partial charge < -0.3 is 21.3 Å². The molecule has 0 atom stereocenters. The van der Waals surface area contributed by atoms with Gasteiger partial charge in [0.05, 0.1) is 23.7 Å². The number of anilines is 2. The molecule has 0 fully saturated rings. The maximum Gasteiger partial charge on any atom is 0.126 e. The molecule has 0 spiro atoms. The number of quaternary nitrogens is 1. The third-order valence-electron chi connectivity index (χ3n) is 3.83. The van der Waals surface area contributed by atoms with E-state index >= 15 is 0 Å². The fourth-order valence-corrected chi connectivity index (χ4v) is 2.95. The van der Waals surface area contributed by atoms with Crippen molar-refractivity contribution < 1.29 is 18.3 Å². The van der Waals surface area contributed by atoms with E-state index in [2.05, 4.69) is 19.2 Å². The molecule has 1 rings (SSSR count). The molecule has 0 aliphatic heterocycles. The van der Waals surface area contributed by atoms with Crippen LogP contribution in [0.1, 0.15) is 65.2 Å². The molecular weight excluding hydrogens is 338 g/mol. The van der Waals surface area contributed by atoms with Crippen molar-refractivity contribution in [1.82, 2.24) is 0 Å². The molecule has 7 heteroatoms. The first kappa shape index (κ1) is 23.7. The van der Waals surface area contributed by atoms with E-state index in [0.717, 1.165) is 6.07 Å². The van der Waals surface area contributed by atoms with Crippen molar-refractivity contribution in [3.63, 3.8) is 0 Å². The second kappa shape index (κ2) is 13.9. The van der Waals surface area contributed by atoms with Gasteiger partial charge in [-0.2, -0.15) is 0 Å². The third-order valence-corrected chi connectivity index (χ3v) is 4.74. The van der Waals surface area contributed by atoms with Crippen molar-refractivity contribution in [2.75, 3.05) is 24.6 Å². The molecule has 0 aliphatic rings. The molecule has 146 valence electrons. The van der Waals surface area contributed by atoms with Gasteiger partial charge in [-0.1, -0.05) is 39.5 Å². The maximum absolute atomic E-state index is 10.5. The molecule has 0 aromatic heterocycles. The maximum atomic E-state index is 10.5. The van der Waals surface area contributed by atoms with Gasteiger partial charge in [0.1, 0.15) is 10.1 Å². The number of unbranched alkanes of at least 4 members (excludes halogenated alkanes) is 6. The second-order valence-corrected chi connectivity index (χ2v) is 7.59. The summed E-state index contributed by atoms with van der Waals surface area (Å²) in [7, 11) is -4.48. The summed E-state index contributed by atoms with van der Waals surface area (Å²) in [6, 6.07) is 3.62. The highest BCUT2D eigenvalue weighted by Crippen LogP contribution is 2.19. The molecule has 0 heterocycles. The molecule has 0 radical (unpaired) electrons. The second-order valence-electron chi connectivity index (χ2n) is 6.24. The minimum absolute atomic E-state index is 0.120. The number of rotatable bonds is 11. The van der Waals surface area contributed by atoms with E-state index in [1.54, 1.807) is 0 Å². The van der Waals surface area contributed by atoms with Crippen molar-refractivity contribution in [1.29, 1.82) is 0 Å². The van der Waals surface area contributed by atoms with Crippen LogP contribution in [0.25, 0.3) is 0 Å². The number of nitrogens with two attached hydrogens (primary N) is 3. The van der Waals surface area contributed by atoms with Gasteiger partial charge in [-0.3, -0.25) is 0 Å². The minimum atomic E-state index is -4.48. The Balaban J connectivity index is 0.000000462. The average Bonchev–Trinajstić information content (AvgIpc) is 2.52. The Bertz CT molecular complexity index is 553. The van der Waals surface area contributed by atoms with E-state index in [1.165, 1.54) is 76.6 Å². The first-order chi connectivity index (χ1) is 11.8. The largest absolute Gasteiger partial charge is 0.744 e. The fourth-order valence-electron chi connectivity index (χ4n) is 2.37. The topological polar surface area (TPSA) is 126 Å². The zero-order valence-electron chi connectivity index (χ0n) is 15.7. The van der Waals surface area contributed by atoms with Gasteiger partial charge >= 0.3 is 0 Å². The molecule has 6 nitrogen and oxygen atoms in total. The number of hydrogen-bond acceptors (Lipinski definition) is 5. The quantitative estimate of drug-likeness (QED) is 0.312. The highest BCUT2D eigenvalue weighted by atomic mass is 32.2. The average molecular weight is 374 g/mol. The van der Waals surface area contributed by atoms with Crippen LogP contribution in [0.2, 0.25) is 0 Å². The van der Waals surface area contributed by atoms with Crippen LogP contribution in [0.4, 0.5) is 11.4 Å². The van der Waals surface area contributed by atoms with Gasteiger partial charge in [0, 0.05) is 5.69 Å². The van der Waals surface area contributed by atoms with Crippen LogP contribution in [-0.4, -0.2) is 26.1 Å². The summed E-state index contributed by atoms with van der Waals surface area (Å²) in [5, 5.41) is 2.49. The van der Waals surface area contributed by atoms with Gasteiger partial charge in [0.2, 0.25) is 0 Å². The van der Waals surface area contributed by atoms with Crippen molar-refractivity contribution >= 4 is 21.5 Å². The van der Waals surface area contributed by atoms with Crippen LogP contribution >= 0.6 is 0 Å². The summed E-state index contributed by atoms with van der Waals surface area (Å²) in [5.41, 5.74) is 10.7. The summed E-state index contributed by atoms with van der Waals surface area (Å²) in [4.78, 5) is -0.434. The molecule has 0 saturated carbocycles. The lowest BCUT2D eigenvalue weighted by Gasteiger charge is -2.09. The standard InChI is InChI=1S/C12H27N.C6H8N2O3S/c1-3-5-7-9-11-13-12-10-8-6-4-2;7-4-1-2-6(5(8)3-4)12(9,10)11/h13H,3-12H2,1-2H3;1-3H,7-8H2,(H,9,10,11). The summed E-state index contributed by atoms with van der Waals surface area (Å²) in [6.45, 7) is 7.25. The summed E-state index contributed by atoms with van der Waals surface area (Å²) < 4.78 is 31.5. The van der Waals surface area contributed by atoms with Gasteiger partial charge in [0.25, 0.3) is 0 Å².